The first-order valence-electron chi connectivity index (χ1n) is 6.85. The van der Waals surface area contributed by atoms with E-state index in [1.54, 1.807) is 0 Å². The highest BCUT2D eigenvalue weighted by Crippen LogP contribution is 2.21. The van der Waals surface area contributed by atoms with Gasteiger partial charge in [-0.05, 0) is 38.4 Å². The molecule has 2 rings (SSSR count). The summed E-state index contributed by atoms with van der Waals surface area (Å²) < 4.78 is 23.1. The number of likely N-dealkylation sites (N-methyl/N-ethyl adjacent to an activating group) is 1. The summed E-state index contributed by atoms with van der Waals surface area (Å²) in [5.41, 5.74) is 0. The van der Waals surface area contributed by atoms with Crippen molar-refractivity contribution in [2.24, 2.45) is 5.92 Å². The molecule has 3 unspecified atom stereocenters. The SMILES string of the molecule is CCN(CC1CCCNC1)C1CS(=O)(=O)CC1O. The van der Waals surface area contributed by atoms with Gasteiger partial charge < -0.3 is 10.4 Å². The van der Waals surface area contributed by atoms with Gasteiger partial charge in [-0.1, -0.05) is 6.92 Å². The van der Waals surface area contributed by atoms with Crippen molar-refractivity contribution in [1.82, 2.24) is 10.2 Å². The van der Waals surface area contributed by atoms with Crippen LogP contribution in [0, 0.1) is 5.92 Å². The lowest BCUT2D eigenvalue weighted by Crippen LogP contribution is -2.47. The van der Waals surface area contributed by atoms with Gasteiger partial charge in [0.05, 0.1) is 23.7 Å². The molecular formula is C12H24N2O3S. The molecule has 2 fully saturated rings. The second-order valence-electron chi connectivity index (χ2n) is 5.51. The first-order chi connectivity index (χ1) is 8.52. The standard InChI is InChI=1S/C12H24N2O3S/c1-2-14(7-10-4-3-5-13-6-10)11-8-18(16,17)9-12(11)15/h10-13,15H,2-9H2,1H3. The Bertz CT molecular complexity index is 366. The summed E-state index contributed by atoms with van der Waals surface area (Å²) in [5, 5.41) is 13.3. The average molecular weight is 276 g/mol. The number of piperidine rings is 1. The Morgan fingerprint density at radius 2 is 2.17 bits per heavy atom. The molecule has 2 heterocycles. The largest absolute Gasteiger partial charge is 0.390 e. The van der Waals surface area contributed by atoms with Crippen molar-refractivity contribution in [3.8, 4) is 0 Å². The Morgan fingerprint density at radius 1 is 1.39 bits per heavy atom. The molecule has 106 valence electrons. The van der Waals surface area contributed by atoms with E-state index in [1.165, 1.54) is 12.8 Å². The fourth-order valence-corrected chi connectivity index (χ4v) is 4.90. The van der Waals surface area contributed by atoms with Crippen LogP contribution in [0.1, 0.15) is 19.8 Å². The van der Waals surface area contributed by atoms with Gasteiger partial charge in [-0.15, -0.1) is 0 Å². The van der Waals surface area contributed by atoms with Crippen LogP contribution >= 0.6 is 0 Å². The van der Waals surface area contributed by atoms with Crippen molar-refractivity contribution in [2.75, 3.05) is 37.7 Å². The maximum atomic E-state index is 11.6. The van der Waals surface area contributed by atoms with Gasteiger partial charge in [0.2, 0.25) is 0 Å². The van der Waals surface area contributed by atoms with Crippen LogP contribution in [0.4, 0.5) is 0 Å². The fraction of sp³-hybridized carbons (Fsp3) is 1.00. The van der Waals surface area contributed by atoms with E-state index in [4.69, 9.17) is 0 Å². The van der Waals surface area contributed by atoms with E-state index in [2.05, 4.69) is 10.2 Å². The van der Waals surface area contributed by atoms with E-state index in [1.807, 2.05) is 6.92 Å². The Kier molecular flexibility index (Phi) is 4.64. The van der Waals surface area contributed by atoms with Crippen molar-refractivity contribution < 1.29 is 13.5 Å². The average Bonchev–Trinajstić information content (AvgIpc) is 2.61. The van der Waals surface area contributed by atoms with Gasteiger partial charge in [0.1, 0.15) is 0 Å². The van der Waals surface area contributed by atoms with Crippen LogP contribution in [0.3, 0.4) is 0 Å². The topological polar surface area (TPSA) is 69.6 Å². The minimum atomic E-state index is -3.05. The van der Waals surface area contributed by atoms with Gasteiger partial charge in [0.25, 0.3) is 0 Å². The number of aliphatic hydroxyl groups excluding tert-OH is 1. The van der Waals surface area contributed by atoms with E-state index >= 15 is 0 Å². The van der Waals surface area contributed by atoms with E-state index < -0.39 is 15.9 Å². The Morgan fingerprint density at radius 3 is 2.67 bits per heavy atom. The van der Waals surface area contributed by atoms with Crippen LogP contribution in [0.5, 0.6) is 0 Å². The maximum Gasteiger partial charge on any atom is 0.154 e. The Balaban J connectivity index is 1.95. The highest BCUT2D eigenvalue weighted by atomic mass is 32.2. The number of sulfone groups is 1. The van der Waals surface area contributed by atoms with E-state index in [9.17, 15) is 13.5 Å². The number of nitrogens with zero attached hydrogens (tertiary/aromatic N) is 1. The Labute approximate surface area is 109 Å². The van der Waals surface area contributed by atoms with Crippen LogP contribution in [0.25, 0.3) is 0 Å². The smallest absolute Gasteiger partial charge is 0.154 e. The highest BCUT2D eigenvalue weighted by Gasteiger charge is 2.39. The monoisotopic (exact) mass is 276 g/mol. The molecule has 18 heavy (non-hydrogen) atoms. The van der Waals surface area contributed by atoms with E-state index in [0.29, 0.717) is 5.92 Å². The minimum absolute atomic E-state index is 0.0723. The third kappa shape index (κ3) is 3.44. The molecule has 0 spiro atoms. The molecule has 0 aliphatic carbocycles. The van der Waals surface area contributed by atoms with Crippen LogP contribution < -0.4 is 5.32 Å². The third-order valence-electron chi connectivity index (χ3n) is 4.06. The second-order valence-corrected chi connectivity index (χ2v) is 7.67. The molecule has 2 aliphatic rings. The number of aliphatic hydroxyl groups is 1. The molecule has 0 aromatic rings. The second kappa shape index (κ2) is 5.86. The molecular weight excluding hydrogens is 252 g/mol. The van der Waals surface area contributed by atoms with E-state index in [-0.39, 0.29) is 17.5 Å². The predicted octanol–water partition coefficient (Wildman–Crippen LogP) is -0.534. The normalized spacial score (nSPS) is 36.1. The third-order valence-corrected chi connectivity index (χ3v) is 5.76. The van der Waals surface area contributed by atoms with Gasteiger partial charge in [0.15, 0.2) is 9.84 Å². The van der Waals surface area contributed by atoms with Crippen molar-refractivity contribution in [3.05, 3.63) is 0 Å². The van der Waals surface area contributed by atoms with Crippen LogP contribution in [0.2, 0.25) is 0 Å². The highest BCUT2D eigenvalue weighted by molar-refractivity contribution is 7.91. The van der Waals surface area contributed by atoms with Crippen molar-refractivity contribution in [3.63, 3.8) is 0 Å². The summed E-state index contributed by atoms with van der Waals surface area (Å²) >= 11 is 0. The van der Waals surface area contributed by atoms with Crippen LogP contribution in [0.15, 0.2) is 0 Å². The fourth-order valence-electron chi connectivity index (χ4n) is 3.07. The molecule has 0 aromatic carbocycles. The first kappa shape index (κ1) is 14.2. The first-order valence-corrected chi connectivity index (χ1v) is 8.67. The summed E-state index contributed by atoms with van der Waals surface area (Å²) in [4.78, 5) is 2.15. The summed E-state index contributed by atoms with van der Waals surface area (Å²) in [6.07, 6.45) is 1.67. The lowest BCUT2D eigenvalue weighted by Gasteiger charge is -2.34. The van der Waals surface area contributed by atoms with Crippen LogP contribution in [-0.2, 0) is 9.84 Å². The van der Waals surface area contributed by atoms with Gasteiger partial charge in [-0.2, -0.15) is 0 Å². The molecule has 0 radical (unpaired) electrons. The molecule has 0 saturated carbocycles. The molecule has 2 aliphatic heterocycles. The predicted molar refractivity (Wildman–Crippen MR) is 71.3 cm³/mol. The zero-order chi connectivity index (χ0) is 13.2. The molecule has 0 bridgehead atoms. The van der Waals surface area contributed by atoms with Gasteiger partial charge in [-0.25, -0.2) is 8.42 Å². The van der Waals surface area contributed by atoms with Crippen LogP contribution in [-0.4, -0.2) is 68.3 Å². The Hall–Kier alpha value is -0.170. The minimum Gasteiger partial charge on any atom is -0.390 e. The molecule has 5 nitrogen and oxygen atoms in total. The molecule has 2 N–H and O–H groups in total. The summed E-state index contributed by atoms with van der Waals surface area (Å²) in [6.45, 7) is 5.82. The van der Waals surface area contributed by atoms with Gasteiger partial charge >= 0.3 is 0 Å². The molecule has 3 atom stereocenters. The zero-order valence-electron chi connectivity index (χ0n) is 11.0. The van der Waals surface area contributed by atoms with Crippen molar-refractivity contribution in [1.29, 1.82) is 0 Å². The zero-order valence-corrected chi connectivity index (χ0v) is 11.8. The number of rotatable bonds is 4. The molecule has 0 aromatic heterocycles. The quantitative estimate of drug-likeness (QED) is 0.722. The number of hydrogen-bond acceptors (Lipinski definition) is 5. The molecule has 0 amide bonds. The van der Waals surface area contributed by atoms with Crippen molar-refractivity contribution in [2.45, 2.75) is 31.9 Å². The summed E-state index contributed by atoms with van der Waals surface area (Å²) in [7, 11) is -3.05. The molecule has 2 saturated heterocycles. The van der Waals surface area contributed by atoms with Gasteiger partial charge in [-0.3, -0.25) is 4.90 Å². The summed E-state index contributed by atoms with van der Waals surface area (Å²) in [5.74, 6) is 0.619. The lowest BCUT2D eigenvalue weighted by atomic mass is 9.98. The van der Waals surface area contributed by atoms with Gasteiger partial charge in [0, 0.05) is 6.54 Å². The maximum absolute atomic E-state index is 11.6. The van der Waals surface area contributed by atoms with Crippen molar-refractivity contribution >= 4 is 9.84 Å². The number of hydrogen-bond donors (Lipinski definition) is 2. The van der Waals surface area contributed by atoms with E-state index in [0.717, 1.165) is 26.2 Å². The summed E-state index contributed by atoms with van der Waals surface area (Å²) in [6, 6.07) is -0.207. The molecule has 6 heteroatoms. The number of nitrogens with one attached hydrogen (secondary N) is 1. The lowest BCUT2D eigenvalue weighted by molar-refractivity contribution is 0.0724.